The van der Waals surface area contributed by atoms with Crippen LogP contribution in [0.5, 0.6) is 0 Å². The SMILES string of the molecule is N#CCCN(C(=O)C1CCCCC1C(=O)O)c1ccccc1. The van der Waals surface area contributed by atoms with E-state index in [1.807, 2.05) is 36.4 Å². The second kappa shape index (κ2) is 7.60. The molecule has 1 aromatic carbocycles. The van der Waals surface area contributed by atoms with Gasteiger partial charge in [0.05, 0.1) is 24.3 Å². The standard InChI is InChI=1S/C17H20N2O3/c18-11-6-12-19(13-7-2-1-3-8-13)16(20)14-9-4-5-10-15(14)17(21)22/h1-3,7-8,14-15H,4-6,9-10,12H2,(H,21,22). The Morgan fingerprint density at radius 1 is 1.18 bits per heavy atom. The number of carbonyl (C=O) groups is 2. The molecule has 1 fully saturated rings. The molecule has 1 N–H and O–H groups in total. The van der Waals surface area contributed by atoms with Gasteiger partial charge in [-0.15, -0.1) is 0 Å². The topological polar surface area (TPSA) is 81.4 Å². The fraction of sp³-hybridized carbons (Fsp3) is 0.471. The Hall–Kier alpha value is -2.35. The van der Waals surface area contributed by atoms with Crippen molar-refractivity contribution in [2.45, 2.75) is 32.1 Å². The fourth-order valence-corrected chi connectivity index (χ4v) is 3.06. The van der Waals surface area contributed by atoms with Crippen molar-refractivity contribution in [3.8, 4) is 6.07 Å². The van der Waals surface area contributed by atoms with E-state index in [1.54, 1.807) is 4.90 Å². The molecule has 5 heteroatoms. The van der Waals surface area contributed by atoms with Gasteiger partial charge in [0.25, 0.3) is 0 Å². The summed E-state index contributed by atoms with van der Waals surface area (Å²) in [5, 5.41) is 18.2. The predicted molar refractivity (Wildman–Crippen MR) is 82.1 cm³/mol. The van der Waals surface area contributed by atoms with Crippen LogP contribution in [0.2, 0.25) is 0 Å². The minimum atomic E-state index is -0.897. The first kappa shape index (κ1) is 16.0. The first-order valence-corrected chi connectivity index (χ1v) is 7.61. The monoisotopic (exact) mass is 300 g/mol. The third-order valence-corrected chi connectivity index (χ3v) is 4.18. The lowest BCUT2D eigenvalue weighted by atomic mass is 9.78. The second-order valence-corrected chi connectivity index (χ2v) is 5.57. The maximum atomic E-state index is 12.9. The molecule has 22 heavy (non-hydrogen) atoms. The van der Waals surface area contributed by atoms with Crippen LogP contribution < -0.4 is 4.90 Å². The molecule has 1 aromatic rings. The average molecular weight is 300 g/mol. The van der Waals surface area contributed by atoms with Gasteiger partial charge in [0.15, 0.2) is 0 Å². The van der Waals surface area contributed by atoms with Gasteiger partial charge in [-0.05, 0) is 25.0 Å². The van der Waals surface area contributed by atoms with Gasteiger partial charge in [-0.3, -0.25) is 9.59 Å². The van der Waals surface area contributed by atoms with Crippen LogP contribution in [0.25, 0.3) is 0 Å². The van der Waals surface area contributed by atoms with Crippen LogP contribution in [0.1, 0.15) is 32.1 Å². The Bertz CT molecular complexity index is 565. The number of carbonyl (C=O) groups excluding carboxylic acids is 1. The number of hydrogen-bond acceptors (Lipinski definition) is 3. The molecule has 0 saturated heterocycles. The molecule has 2 rings (SSSR count). The molecule has 0 aromatic heterocycles. The molecule has 2 unspecified atom stereocenters. The lowest BCUT2D eigenvalue weighted by Gasteiger charge is -2.32. The van der Waals surface area contributed by atoms with E-state index in [4.69, 9.17) is 5.26 Å². The van der Waals surface area contributed by atoms with E-state index in [0.29, 0.717) is 19.4 Å². The Morgan fingerprint density at radius 3 is 2.41 bits per heavy atom. The number of benzene rings is 1. The highest BCUT2D eigenvalue weighted by Gasteiger charge is 2.38. The summed E-state index contributed by atoms with van der Waals surface area (Å²) in [5.74, 6) is -2.18. The van der Waals surface area contributed by atoms with Gasteiger partial charge in [-0.25, -0.2) is 0 Å². The normalized spacial score (nSPS) is 20.9. The lowest BCUT2D eigenvalue weighted by Crippen LogP contribution is -2.43. The van der Waals surface area contributed by atoms with Crippen LogP contribution in [-0.2, 0) is 9.59 Å². The van der Waals surface area contributed by atoms with Crippen LogP contribution in [0.15, 0.2) is 30.3 Å². The van der Waals surface area contributed by atoms with Gasteiger partial charge in [-0.1, -0.05) is 31.0 Å². The minimum absolute atomic E-state index is 0.173. The highest BCUT2D eigenvalue weighted by atomic mass is 16.4. The number of carboxylic acids is 1. The average Bonchev–Trinajstić information content (AvgIpc) is 2.56. The van der Waals surface area contributed by atoms with Crippen molar-refractivity contribution in [1.29, 1.82) is 5.26 Å². The van der Waals surface area contributed by atoms with E-state index in [2.05, 4.69) is 0 Å². The molecule has 0 bridgehead atoms. The molecule has 116 valence electrons. The molecule has 1 aliphatic rings. The molecule has 0 spiro atoms. The third-order valence-electron chi connectivity index (χ3n) is 4.18. The number of anilines is 1. The Labute approximate surface area is 130 Å². The highest BCUT2D eigenvalue weighted by Crippen LogP contribution is 2.33. The molecule has 1 saturated carbocycles. The predicted octanol–water partition coefficient (Wildman–Crippen LogP) is 2.82. The zero-order chi connectivity index (χ0) is 15.9. The molecule has 1 amide bonds. The highest BCUT2D eigenvalue weighted by molar-refractivity contribution is 5.97. The van der Waals surface area contributed by atoms with Crippen molar-refractivity contribution in [3.63, 3.8) is 0 Å². The maximum absolute atomic E-state index is 12.9. The molecular formula is C17H20N2O3. The number of para-hydroxylation sites is 1. The van der Waals surface area contributed by atoms with E-state index >= 15 is 0 Å². The third kappa shape index (κ3) is 3.64. The number of aliphatic carboxylic acids is 1. The van der Waals surface area contributed by atoms with Gasteiger partial charge >= 0.3 is 5.97 Å². The second-order valence-electron chi connectivity index (χ2n) is 5.57. The van der Waals surface area contributed by atoms with Crippen molar-refractivity contribution in [2.24, 2.45) is 11.8 Å². The van der Waals surface area contributed by atoms with Gasteiger partial charge in [0.2, 0.25) is 5.91 Å². The van der Waals surface area contributed by atoms with Crippen molar-refractivity contribution in [3.05, 3.63) is 30.3 Å². The zero-order valence-corrected chi connectivity index (χ0v) is 12.4. The first-order chi connectivity index (χ1) is 10.6. The molecular weight excluding hydrogens is 280 g/mol. The first-order valence-electron chi connectivity index (χ1n) is 7.61. The number of nitriles is 1. The smallest absolute Gasteiger partial charge is 0.307 e. The molecule has 0 aliphatic heterocycles. The van der Waals surface area contributed by atoms with E-state index in [-0.39, 0.29) is 12.3 Å². The van der Waals surface area contributed by atoms with Crippen molar-refractivity contribution in [2.75, 3.05) is 11.4 Å². The number of carboxylic acid groups (broad SMARTS) is 1. The van der Waals surface area contributed by atoms with Crippen molar-refractivity contribution >= 4 is 17.6 Å². The lowest BCUT2D eigenvalue weighted by molar-refractivity contribution is -0.148. The number of amides is 1. The van der Waals surface area contributed by atoms with Crippen LogP contribution in [0, 0.1) is 23.2 Å². The minimum Gasteiger partial charge on any atom is -0.481 e. The summed E-state index contributed by atoms with van der Waals surface area (Å²) < 4.78 is 0. The van der Waals surface area contributed by atoms with Gasteiger partial charge < -0.3 is 10.0 Å². The van der Waals surface area contributed by atoms with E-state index in [9.17, 15) is 14.7 Å². The van der Waals surface area contributed by atoms with Gasteiger partial charge in [-0.2, -0.15) is 5.26 Å². The zero-order valence-electron chi connectivity index (χ0n) is 12.4. The summed E-state index contributed by atoms with van der Waals surface area (Å²) in [7, 11) is 0. The summed E-state index contributed by atoms with van der Waals surface area (Å²) in [6.45, 7) is 0.294. The van der Waals surface area contributed by atoms with Gasteiger partial charge in [0.1, 0.15) is 0 Å². The van der Waals surface area contributed by atoms with E-state index < -0.39 is 17.8 Å². The summed E-state index contributed by atoms with van der Waals surface area (Å²) in [5.41, 5.74) is 0.720. The largest absolute Gasteiger partial charge is 0.481 e. The van der Waals surface area contributed by atoms with Crippen molar-refractivity contribution in [1.82, 2.24) is 0 Å². The van der Waals surface area contributed by atoms with E-state index in [1.165, 1.54) is 0 Å². The van der Waals surface area contributed by atoms with Crippen LogP contribution in [0.4, 0.5) is 5.69 Å². The number of hydrogen-bond donors (Lipinski definition) is 1. The summed E-state index contributed by atoms with van der Waals surface area (Å²) in [4.78, 5) is 25.9. The summed E-state index contributed by atoms with van der Waals surface area (Å²) in [6, 6.07) is 11.2. The summed E-state index contributed by atoms with van der Waals surface area (Å²) >= 11 is 0. The fourth-order valence-electron chi connectivity index (χ4n) is 3.06. The molecule has 5 nitrogen and oxygen atoms in total. The van der Waals surface area contributed by atoms with Crippen LogP contribution >= 0.6 is 0 Å². The number of nitrogens with zero attached hydrogens (tertiary/aromatic N) is 2. The number of rotatable bonds is 5. The van der Waals surface area contributed by atoms with E-state index in [0.717, 1.165) is 18.5 Å². The van der Waals surface area contributed by atoms with Gasteiger partial charge in [0, 0.05) is 12.2 Å². The molecule has 2 atom stereocenters. The molecule has 1 aliphatic carbocycles. The Kier molecular flexibility index (Phi) is 5.54. The Morgan fingerprint density at radius 2 is 1.82 bits per heavy atom. The van der Waals surface area contributed by atoms with Crippen LogP contribution in [-0.4, -0.2) is 23.5 Å². The Balaban J connectivity index is 2.24. The summed E-state index contributed by atoms with van der Waals surface area (Å²) in [6.07, 6.45) is 3.11. The quantitative estimate of drug-likeness (QED) is 0.906. The van der Waals surface area contributed by atoms with Crippen molar-refractivity contribution < 1.29 is 14.7 Å². The maximum Gasteiger partial charge on any atom is 0.307 e. The molecule has 0 heterocycles. The van der Waals surface area contributed by atoms with Crippen LogP contribution in [0.3, 0.4) is 0 Å². The molecule has 0 radical (unpaired) electrons.